The van der Waals surface area contributed by atoms with Gasteiger partial charge in [0.25, 0.3) is 0 Å². The lowest BCUT2D eigenvalue weighted by Crippen LogP contribution is -2.54. The molecule has 0 aromatic carbocycles. The van der Waals surface area contributed by atoms with Gasteiger partial charge in [-0.15, -0.1) is 6.58 Å². The van der Waals surface area contributed by atoms with Gasteiger partial charge < -0.3 is 4.74 Å². The molecule has 3 heterocycles. The SMILES string of the molecule is C=C[C@H]1CN2CC[C@H]1C[C@@H]2COC(C)=O. The normalized spacial score (nSPS) is 38.7. The topological polar surface area (TPSA) is 29.5 Å². The first kappa shape index (κ1) is 10.7. The highest BCUT2D eigenvalue weighted by atomic mass is 16.5. The van der Waals surface area contributed by atoms with Gasteiger partial charge in [-0.2, -0.15) is 0 Å². The molecule has 3 heteroatoms. The zero-order valence-corrected chi connectivity index (χ0v) is 9.32. The molecule has 0 radical (unpaired) electrons. The van der Waals surface area contributed by atoms with E-state index < -0.39 is 0 Å². The first-order valence-electron chi connectivity index (χ1n) is 5.70. The Morgan fingerprint density at radius 3 is 3.00 bits per heavy atom. The standard InChI is InChI=1S/C12H19NO2/c1-3-10-7-13-5-4-11(10)6-12(13)8-15-9(2)14/h3,10-12H,1,4-8H2,2H3/t10-,11-,12+/m0/s1. The van der Waals surface area contributed by atoms with Gasteiger partial charge in [0.15, 0.2) is 0 Å². The second-order valence-corrected chi connectivity index (χ2v) is 4.64. The summed E-state index contributed by atoms with van der Waals surface area (Å²) in [5, 5.41) is 0. The fourth-order valence-electron chi connectivity index (χ4n) is 2.83. The minimum atomic E-state index is -0.169. The second kappa shape index (κ2) is 4.35. The molecule has 0 N–H and O–H groups in total. The van der Waals surface area contributed by atoms with Crippen molar-refractivity contribution in [2.45, 2.75) is 25.8 Å². The van der Waals surface area contributed by atoms with Crippen LogP contribution in [0.1, 0.15) is 19.8 Å². The highest BCUT2D eigenvalue weighted by Crippen LogP contribution is 2.36. The molecule has 3 aliphatic heterocycles. The Bertz CT molecular complexity index is 264. The van der Waals surface area contributed by atoms with Gasteiger partial charge in [0.2, 0.25) is 0 Å². The number of piperidine rings is 3. The average Bonchev–Trinajstić information content (AvgIpc) is 2.27. The number of fused-ring (bicyclic) bond motifs is 3. The lowest BCUT2D eigenvalue weighted by atomic mass is 9.76. The molecule has 3 aliphatic rings. The van der Waals surface area contributed by atoms with E-state index in [1.54, 1.807) is 0 Å². The zero-order valence-electron chi connectivity index (χ0n) is 9.32. The van der Waals surface area contributed by atoms with Gasteiger partial charge in [0.05, 0.1) is 0 Å². The number of nitrogens with zero attached hydrogens (tertiary/aromatic N) is 1. The molecule has 4 atom stereocenters. The van der Waals surface area contributed by atoms with Gasteiger partial charge in [-0.05, 0) is 31.2 Å². The molecule has 3 rings (SSSR count). The van der Waals surface area contributed by atoms with Crippen LogP contribution in [0.3, 0.4) is 0 Å². The molecular formula is C12H19NO2. The van der Waals surface area contributed by atoms with Gasteiger partial charge in [0, 0.05) is 19.5 Å². The number of ether oxygens (including phenoxy) is 1. The summed E-state index contributed by atoms with van der Waals surface area (Å²) in [6.07, 6.45) is 4.51. The van der Waals surface area contributed by atoms with Crippen LogP contribution in [-0.2, 0) is 9.53 Å². The molecule has 0 aromatic rings. The van der Waals surface area contributed by atoms with Crippen LogP contribution in [0.4, 0.5) is 0 Å². The molecule has 0 spiro atoms. The van der Waals surface area contributed by atoms with Crippen molar-refractivity contribution in [1.29, 1.82) is 0 Å². The predicted molar refractivity (Wildman–Crippen MR) is 58.4 cm³/mol. The largest absolute Gasteiger partial charge is 0.464 e. The van der Waals surface area contributed by atoms with Crippen LogP contribution in [-0.4, -0.2) is 36.6 Å². The van der Waals surface area contributed by atoms with Crippen molar-refractivity contribution in [1.82, 2.24) is 4.90 Å². The molecule has 3 saturated heterocycles. The molecule has 3 nitrogen and oxygen atoms in total. The van der Waals surface area contributed by atoms with Crippen molar-refractivity contribution >= 4 is 5.97 Å². The zero-order chi connectivity index (χ0) is 10.8. The van der Waals surface area contributed by atoms with E-state index in [0.29, 0.717) is 18.6 Å². The minimum absolute atomic E-state index is 0.169. The molecule has 0 aliphatic carbocycles. The van der Waals surface area contributed by atoms with Crippen LogP contribution in [0.2, 0.25) is 0 Å². The Hall–Kier alpha value is -0.830. The van der Waals surface area contributed by atoms with Crippen molar-refractivity contribution in [3.63, 3.8) is 0 Å². The van der Waals surface area contributed by atoms with E-state index in [-0.39, 0.29) is 5.97 Å². The summed E-state index contributed by atoms with van der Waals surface area (Å²) >= 11 is 0. The van der Waals surface area contributed by atoms with E-state index in [4.69, 9.17) is 4.74 Å². The third-order valence-electron chi connectivity index (χ3n) is 3.71. The Labute approximate surface area is 91.1 Å². The predicted octanol–water partition coefficient (Wildman–Crippen LogP) is 1.45. The molecule has 0 aromatic heterocycles. The monoisotopic (exact) mass is 209 g/mol. The lowest BCUT2D eigenvalue weighted by molar-refractivity contribution is -0.144. The van der Waals surface area contributed by atoms with Crippen molar-refractivity contribution in [3.05, 3.63) is 12.7 Å². The first-order chi connectivity index (χ1) is 7.20. The van der Waals surface area contributed by atoms with Gasteiger partial charge in [-0.1, -0.05) is 6.08 Å². The fraction of sp³-hybridized carbons (Fsp3) is 0.750. The number of carbonyl (C=O) groups is 1. The summed E-state index contributed by atoms with van der Waals surface area (Å²) < 4.78 is 5.10. The molecule has 0 amide bonds. The van der Waals surface area contributed by atoms with Crippen molar-refractivity contribution in [2.24, 2.45) is 11.8 Å². The second-order valence-electron chi connectivity index (χ2n) is 4.64. The summed E-state index contributed by atoms with van der Waals surface area (Å²) in [6, 6.07) is 0.448. The maximum absolute atomic E-state index is 10.8. The molecular weight excluding hydrogens is 190 g/mol. The van der Waals surface area contributed by atoms with Crippen molar-refractivity contribution < 1.29 is 9.53 Å². The van der Waals surface area contributed by atoms with Crippen LogP contribution in [0, 0.1) is 11.8 Å². The Morgan fingerprint density at radius 2 is 2.47 bits per heavy atom. The van der Waals surface area contributed by atoms with Crippen molar-refractivity contribution in [2.75, 3.05) is 19.7 Å². The molecule has 15 heavy (non-hydrogen) atoms. The average molecular weight is 209 g/mol. The summed E-state index contributed by atoms with van der Waals surface area (Å²) in [4.78, 5) is 13.2. The Kier molecular flexibility index (Phi) is 3.10. The molecule has 2 bridgehead atoms. The van der Waals surface area contributed by atoms with E-state index in [1.165, 1.54) is 13.3 Å². The van der Waals surface area contributed by atoms with Gasteiger partial charge in [-0.3, -0.25) is 9.69 Å². The van der Waals surface area contributed by atoms with Gasteiger partial charge >= 0.3 is 5.97 Å². The fourth-order valence-corrected chi connectivity index (χ4v) is 2.83. The summed E-state index contributed by atoms with van der Waals surface area (Å²) in [5.41, 5.74) is 0. The van der Waals surface area contributed by atoms with E-state index >= 15 is 0 Å². The summed E-state index contributed by atoms with van der Waals surface area (Å²) in [6.45, 7) is 8.18. The number of esters is 1. The molecule has 0 saturated carbocycles. The molecule has 84 valence electrons. The lowest BCUT2D eigenvalue weighted by Gasteiger charge is -2.48. The number of carbonyl (C=O) groups excluding carboxylic acids is 1. The maximum atomic E-state index is 10.8. The van der Waals surface area contributed by atoms with Crippen LogP contribution < -0.4 is 0 Å². The third-order valence-corrected chi connectivity index (χ3v) is 3.71. The Morgan fingerprint density at radius 1 is 1.67 bits per heavy atom. The maximum Gasteiger partial charge on any atom is 0.302 e. The minimum Gasteiger partial charge on any atom is -0.464 e. The number of hydrogen-bond donors (Lipinski definition) is 0. The molecule has 3 fully saturated rings. The first-order valence-corrected chi connectivity index (χ1v) is 5.70. The van der Waals surface area contributed by atoms with Crippen LogP contribution in [0.25, 0.3) is 0 Å². The van der Waals surface area contributed by atoms with E-state index in [0.717, 1.165) is 25.4 Å². The van der Waals surface area contributed by atoms with E-state index in [2.05, 4.69) is 17.6 Å². The van der Waals surface area contributed by atoms with Crippen LogP contribution in [0.5, 0.6) is 0 Å². The van der Waals surface area contributed by atoms with Crippen LogP contribution >= 0.6 is 0 Å². The Balaban J connectivity index is 1.90. The summed E-state index contributed by atoms with van der Waals surface area (Å²) in [7, 11) is 0. The smallest absolute Gasteiger partial charge is 0.302 e. The van der Waals surface area contributed by atoms with E-state index in [9.17, 15) is 4.79 Å². The van der Waals surface area contributed by atoms with Gasteiger partial charge in [-0.25, -0.2) is 0 Å². The quantitative estimate of drug-likeness (QED) is 0.520. The van der Waals surface area contributed by atoms with Crippen LogP contribution in [0.15, 0.2) is 12.7 Å². The molecule has 1 unspecified atom stereocenters. The van der Waals surface area contributed by atoms with E-state index in [1.807, 2.05) is 0 Å². The number of hydrogen-bond acceptors (Lipinski definition) is 3. The number of rotatable bonds is 3. The third kappa shape index (κ3) is 2.23. The van der Waals surface area contributed by atoms with Crippen molar-refractivity contribution in [3.8, 4) is 0 Å². The highest BCUT2D eigenvalue weighted by molar-refractivity contribution is 5.65. The van der Waals surface area contributed by atoms with Gasteiger partial charge in [0.1, 0.15) is 6.61 Å². The summed E-state index contributed by atoms with van der Waals surface area (Å²) in [5.74, 6) is 1.23. The highest BCUT2D eigenvalue weighted by Gasteiger charge is 2.38.